The van der Waals surface area contributed by atoms with Crippen LogP contribution in [-0.2, 0) is 11.3 Å². The lowest BCUT2D eigenvalue weighted by Gasteiger charge is -2.29. The highest BCUT2D eigenvalue weighted by molar-refractivity contribution is 6.02. The number of hydrogen-bond donors (Lipinski definition) is 1. The summed E-state index contributed by atoms with van der Waals surface area (Å²) < 4.78 is 0. The number of hydrazine groups is 1. The molecule has 0 spiro atoms. The van der Waals surface area contributed by atoms with Crippen molar-refractivity contribution >= 4 is 23.3 Å². The molecule has 4 rings (SSSR count). The summed E-state index contributed by atoms with van der Waals surface area (Å²) in [6, 6.07) is 14.7. The zero-order valence-corrected chi connectivity index (χ0v) is 14.1. The van der Waals surface area contributed by atoms with E-state index in [1.165, 1.54) is 26.9 Å². The third-order valence-corrected chi connectivity index (χ3v) is 4.35. The second kappa shape index (κ2) is 6.54. The van der Waals surface area contributed by atoms with Gasteiger partial charge in [-0.15, -0.1) is 0 Å². The topological polar surface area (TPSA) is 99.0 Å². The van der Waals surface area contributed by atoms with E-state index in [0.717, 1.165) is 0 Å². The Morgan fingerprint density at radius 2 is 1.81 bits per heavy atom. The molecule has 9 nitrogen and oxygen atoms in total. The molecule has 2 aliphatic rings. The van der Waals surface area contributed by atoms with Crippen molar-refractivity contribution in [1.82, 2.24) is 15.3 Å². The van der Waals surface area contributed by atoms with Crippen LogP contribution in [0.5, 0.6) is 0 Å². The number of non-ortho nitro benzene ring substituents is 1. The highest BCUT2D eigenvalue weighted by Crippen LogP contribution is 2.25. The lowest BCUT2D eigenvalue weighted by molar-refractivity contribution is -0.384. The van der Waals surface area contributed by atoms with Gasteiger partial charge in [0.15, 0.2) is 6.17 Å². The van der Waals surface area contributed by atoms with E-state index in [2.05, 4.69) is 5.43 Å². The van der Waals surface area contributed by atoms with Gasteiger partial charge in [0.05, 0.1) is 11.5 Å². The number of hydrogen-bond acceptors (Lipinski definition) is 5. The van der Waals surface area contributed by atoms with Gasteiger partial charge >= 0.3 is 6.03 Å². The van der Waals surface area contributed by atoms with Crippen LogP contribution in [0.4, 0.5) is 16.2 Å². The molecule has 27 heavy (non-hydrogen) atoms. The summed E-state index contributed by atoms with van der Waals surface area (Å²) in [7, 11) is 0. The number of para-hydroxylation sites is 1. The Morgan fingerprint density at radius 3 is 2.56 bits per heavy atom. The fourth-order valence-corrected chi connectivity index (χ4v) is 3.05. The predicted octanol–water partition coefficient (Wildman–Crippen LogP) is 2.18. The number of benzene rings is 2. The molecule has 2 aliphatic heterocycles. The van der Waals surface area contributed by atoms with E-state index in [9.17, 15) is 19.7 Å². The van der Waals surface area contributed by atoms with E-state index in [4.69, 9.17) is 0 Å². The van der Waals surface area contributed by atoms with Crippen LogP contribution < -0.4 is 10.3 Å². The summed E-state index contributed by atoms with van der Waals surface area (Å²) in [4.78, 5) is 38.6. The maximum atomic E-state index is 12.8. The van der Waals surface area contributed by atoms with Crippen LogP contribution in [0.25, 0.3) is 0 Å². The average molecular weight is 365 g/mol. The normalized spacial score (nSPS) is 18.8. The Bertz CT molecular complexity index is 946. The fraction of sp³-hybridized carbons (Fsp3) is 0.111. The summed E-state index contributed by atoms with van der Waals surface area (Å²) in [6.45, 7) is 0.0972. The molecule has 0 saturated carbocycles. The van der Waals surface area contributed by atoms with Crippen LogP contribution in [-0.4, -0.2) is 32.9 Å². The first-order valence-electron chi connectivity index (χ1n) is 8.20. The van der Waals surface area contributed by atoms with Crippen molar-refractivity contribution in [2.75, 3.05) is 4.90 Å². The predicted molar refractivity (Wildman–Crippen MR) is 95.9 cm³/mol. The number of fused-ring (bicyclic) bond motifs is 1. The molecule has 1 atom stereocenters. The minimum absolute atomic E-state index is 0.0527. The first-order chi connectivity index (χ1) is 13.0. The number of carbonyl (C=O) groups excluding carboxylic acids is 2. The fourth-order valence-electron chi connectivity index (χ4n) is 3.05. The van der Waals surface area contributed by atoms with E-state index >= 15 is 0 Å². The molecule has 1 fully saturated rings. The smallest absolute Gasteiger partial charge is 0.283 e. The summed E-state index contributed by atoms with van der Waals surface area (Å²) in [5.74, 6) is -0.293. The Morgan fingerprint density at radius 1 is 1.04 bits per heavy atom. The van der Waals surface area contributed by atoms with E-state index in [-0.39, 0.29) is 18.1 Å². The highest BCUT2D eigenvalue weighted by Gasteiger charge is 2.44. The molecule has 2 aromatic carbocycles. The molecular formula is C18H15N5O4. The standard InChI is InChI=1S/C18H15N5O4/c24-17-16-19-22(12-13-5-4-8-15(11-13)23(26)27)18(25)21(16)10-9-20(17)14-6-2-1-3-7-14/h1-11,16,19H,12H2. The summed E-state index contributed by atoms with van der Waals surface area (Å²) >= 11 is 0. The van der Waals surface area contributed by atoms with Gasteiger partial charge in [0.25, 0.3) is 11.6 Å². The first kappa shape index (κ1) is 16.7. The van der Waals surface area contributed by atoms with Gasteiger partial charge < -0.3 is 0 Å². The SMILES string of the molecule is O=C1C2NN(Cc3cccc([N+](=O)[O-])c3)C(=O)N2C=CN1c1ccccc1. The van der Waals surface area contributed by atoms with Gasteiger partial charge in [-0.05, 0) is 17.7 Å². The second-order valence-corrected chi connectivity index (χ2v) is 6.08. The summed E-state index contributed by atoms with van der Waals surface area (Å²) in [5, 5.41) is 12.2. The molecule has 0 aromatic heterocycles. The second-order valence-electron chi connectivity index (χ2n) is 6.08. The number of carbonyl (C=O) groups is 2. The zero-order chi connectivity index (χ0) is 19.0. The molecule has 3 amide bonds. The van der Waals surface area contributed by atoms with E-state index in [1.807, 2.05) is 18.2 Å². The third kappa shape index (κ3) is 3.00. The first-order valence-corrected chi connectivity index (χ1v) is 8.20. The highest BCUT2D eigenvalue weighted by atomic mass is 16.6. The number of anilines is 1. The molecule has 1 saturated heterocycles. The van der Waals surface area contributed by atoms with Crippen molar-refractivity contribution in [1.29, 1.82) is 0 Å². The van der Waals surface area contributed by atoms with Crippen LogP contribution >= 0.6 is 0 Å². The lowest BCUT2D eigenvalue weighted by Crippen LogP contribution is -2.51. The van der Waals surface area contributed by atoms with Crippen LogP contribution in [0.3, 0.4) is 0 Å². The molecular weight excluding hydrogens is 350 g/mol. The van der Waals surface area contributed by atoms with Crippen molar-refractivity contribution in [2.24, 2.45) is 0 Å². The van der Waals surface area contributed by atoms with Gasteiger partial charge in [0.1, 0.15) is 0 Å². The molecule has 0 aliphatic carbocycles. The number of nitrogens with zero attached hydrogens (tertiary/aromatic N) is 4. The largest absolute Gasteiger partial charge is 0.340 e. The molecule has 0 radical (unpaired) electrons. The lowest BCUT2D eigenvalue weighted by atomic mass is 10.2. The molecule has 1 N–H and O–H groups in total. The molecule has 1 unspecified atom stereocenters. The number of rotatable bonds is 4. The van der Waals surface area contributed by atoms with Crippen molar-refractivity contribution in [3.8, 4) is 0 Å². The molecule has 0 bridgehead atoms. The van der Waals surface area contributed by atoms with Gasteiger partial charge in [0, 0.05) is 30.2 Å². The Labute approximate surface area is 154 Å². The summed E-state index contributed by atoms with van der Waals surface area (Å²) in [5.41, 5.74) is 4.12. The number of nitrogens with one attached hydrogen (secondary N) is 1. The van der Waals surface area contributed by atoms with Gasteiger partial charge in [-0.1, -0.05) is 30.3 Å². The Balaban J connectivity index is 1.54. The van der Waals surface area contributed by atoms with Crippen molar-refractivity contribution in [2.45, 2.75) is 12.7 Å². The number of nitro groups is 1. The summed E-state index contributed by atoms with van der Waals surface area (Å²) in [6.07, 6.45) is 2.23. The molecule has 136 valence electrons. The van der Waals surface area contributed by atoms with E-state index < -0.39 is 17.1 Å². The average Bonchev–Trinajstić information content (AvgIpc) is 3.00. The van der Waals surface area contributed by atoms with Crippen LogP contribution in [0.2, 0.25) is 0 Å². The number of nitro benzene ring substituents is 1. The van der Waals surface area contributed by atoms with E-state index in [1.54, 1.807) is 36.7 Å². The monoisotopic (exact) mass is 365 g/mol. The van der Waals surface area contributed by atoms with Crippen molar-refractivity contribution < 1.29 is 14.5 Å². The van der Waals surface area contributed by atoms with Crippen molar-refractivity contribution in [3.05, 3.63) is 82.7 Å². The van der Waals surface area contributed by atoms with Crippen LogP contribution in [0.15, 0.2) is 67.0 Å². The number of amides is 3. The minimum Gasteiger partial charge on any atom is -0.283 e. The van der Waals surface area contributed by atoms with Gasteiger partial charge in [-0.3, -0.25) is 29.7 Å². The van der Waals surface area contributed by atoms with Gasteiger partial charge in [0.2, 0.25) is 0 Å². The van der Waals surface area contributed by atoms with Crippen LogP contribution in [0.1, 0.15) is 5.56 Å². The van der Waals surface area contributed by atoms with Crippen LogP contribution in [0, 0.1) is 10.1 Å². The zero-order valence-electron chi connectivity index (χ0n) is 14.1. The molecule has 9 heteroatoms. The Hall–Kier alpha value is -3.72. The van der Waals surface area contributed by atoms with Crippen molar-refractivity contribution in [3.63, 3.8) is 0 Å². The molecule has 2 aromatic rings. The Kier molecular flexibility index (Phi) is 4.05. The van der Waals surface area contributed by atoms with Gasteiger partial charge in [-0.2, -0.15) is 5.43 Å². The minimum atomic E-state index is -0.860. The maximum absolute atomic E-state index is 12.8. The third-order valence-electron chi connectivity index (χ3n) is 4.35. The van der Waals surface area contributed by atoms with E-state index in [0.29, 0.717) is 11.3 Å². The van der Waals surface area contributed by atoms with Gasteiger partial charge in [-0.25, -0.2) is 4.79 Å². The quantitative estimate of drug-likeness (QED) is 0.661. The molecule has 2 heterocycles. The maximum Gasteiger partial charge on any atom is 0.340 e. The number of urea groups is 1.